The van der Waals surface area contributed by atoms with Gasteiger partial charge in [0.1, 0.15) is 17.3 Å². The number of ether oxygens (including phenoxy) is 3. The fourth-order valence-corrected chi connectivity index (χ4v) is 6.79. The quantitative estimate of drug-likeness (QED) is 0.303. The summed E-state index contributed by atoms with van der Waals surface area (Å²) >= 11 is 0. The van der Waals surface area contributed by atoms with Gasteiger partial charge >= 0.3 is 5.97 Å². The number of piperazine rings is 1. The van der Waals surface area contributed by atoms with E-state index in [0.717, 1.165) is 5.56 Å². The van der Waals surface area contributed by atoms with Crippen LogP contribution in [0.1, 0.15) is 41.6 Å². The highest BCUT2D eigenvalue weighted by molar-refractivity contribution is 5.93. The highest BCUT2D eigenvalue weighted by Crippen LogP contribution is 2.50. The van der Waals surface area contributed by atoms with E-state index in [-0.39, 0.29) is 49.5 Å². The lowest BCUT2D eigenvalue weighted by atomic mass is 9.66. The Kier molecular flexibility index (Phi) is 9.60. The van der Waals surface area contributed by atoms with Crippen molar-refractivity contribution in [1.29, 1.82) is 0 Å². The topological polar surface area (TPSA) is 132 Å². The molecular weight excluding hydrogens is 606 g/mol. The molecule has 6 rings (SSSR count). The third-order valence-corrected chi connectivity index (χ3v) is 9.26. The fourth-order valence-electron chi connectivity index (χ4n) is 6.79. The first-order valence-corrected chi connectivity index (χ1v) is 15.8. The van der Waals surface area contributed by atoms with Gasteiger partial charge in [0.25, 0.3) is 5.91 Å². The Morgan fingerprint density at radius 1 is 0.936 bits per heavy atom. The number of furan rings is 2. The number of fused-ring (bicyclic) bond motifs is 1. The third-order valence-electron chi connectivity index (χ3n) is 9.26. The van der Waals surface area contributed by atoms with Gasteiger partial charge in [-0.2, -0.15) is 0 Å². The first-order valence-electron chi connectivity index (χ1n) is 15.8. The van der Waals surface area contributed by atoms with E-state index in [4.69, 9.17) is 23.0 Å². The van der Waals surface area contributed by atoms with E-state index < -0.39 is 29.5 Å². The summed E-state index contributed by atoms with van der Waals surface area (Å²) in [7, 11) is 1.31. The summed E-state index contributed by atoms with van der Waals surface area (Å²) in [6.45, 7) is 3.77. The Labute approximate surface area is 272 Å². The van der Waals surface area contributed by atoms with Crippen LogP contribution in [0.4, 0.5) is 0 Å². The van der Waals surface area contributed by atoms with E-state index in [1.54, 1.807) is 52.0 Å². The molecule has 0 N–H and O–H groups in total. The number of benzene rings is 1. The third kappa shape index (κ3) is 6.61. The molecule has 0 spiro atoms. The number of likely N-dealkylation sites (tertiary alicyclic amines) is 1. The summed E-state index contributed by atoms with van der Waals surface area (Å²) in [5.74, 6) is -1.33. The molecule has 4 atom stereocenters. The van der Waals surface area contributed by atoms with Crippen molar-refractivity contribution in [1.82, 2.24) is 14.7 Å². The molecular formula is C35H39N3O9. The molecule has 12 heteroatoms. The summed E-state index contributed by atoms with van der Waals surface area (Å²) in [4.78, 5) is 59.2. The molecule has 0 aliphatic carbocycles. The number of nitrogens with zero attached hydrogens (tertiary/aromatic N) is 3. The second kappa shape index (κ2) is 14.0. The zero-order valence-corrected chi connectivity index (χ0v) is 26.5. The molecule has 2 aromatic heterocycles. The van der Waals surface area contributed by atoms with Crippen molar-refractivity contribution in [2.75, 3.05) is 39.9 Å². The summed E-state index contributed by atoms with van der Waals surface area (Å²) < 4.78 is 28.5. The van der Waals surface area contributed by atoms with Gasteiger partial charge < -0.3 is 37.7 Å². The molecule has 248 valence electrons. The Morgan fingerprint density at radius 3 is 2.34 bits per heavy atom. The Balaban J connectivity index is 1.21. The van der Waals surface area contributed by atoms with Gasteiger partial charge in [-0.15, -0.1) is 0 Å². The number of amides is 3. The van der Waals surface area contributed by atoms with Crippen LogP contribution in [0.2, 0.25) is 0 Å². The van der Waals surface area contributed by atoms with E-state index in [0.29, 0.717) is 44.2 Å². The minimum atomic E-state index is -1.34. The van der Waals surface area contributed by atoms with Crippen LogP contribution in [0.5, 0.6) is 0 Å². The van der Waals surface area contributed by atoms with Crippen LogP contribution in [-0.4, -0.2) is 90.5 Å². The largest absolute Gasteiger partial charge is 0.468 e. The molecule has 47 heavy (non-hydrogen) atoms. The first-order chi connectivity index (χ1) is 22.8. The van der Waals surface area contributed by atoms with E-state index >= 15 is 0 Å². The smallest absolute Gasteiger partial charge is 0.320 e. The lowest BCUT2D eigenvalue weighted by Gasteiger charge is -2.51. The molecule has 0 saturated carbocycles. The number of hydrogen-bond donors (Lipinski definition) is 0. The zero-order valence-electron chi connectivity index (χ0n) is 26.5. The monoisotopic (exact) mass is 645 g/mol. The number of esters is 1. The van der Waals surface area contributed by atoms with Crippen molar-refractivity contribution < 1.29 is 42.2 Å². The number of hydrogen-bond acceptors (Lipinski definition) is 9. The molecule has 3 aromatic rings. The maximum atomic E-state index is 14.2. The van der Waals surface area contributed by atoms with Crippen LogP contribution >= 0.6 is 0 Å². The number of piperidine rings is 1. The molecule has 3 aliphatic heterocycles. The average molecular weight is 646 g/mol. The van der Waals surface area contributed by atoms with Crippen LogP contribution in [0, 0.1) is 11.3 Å². The number of rotatable bonds is 10. The molecule has 0 unspecified atom stereocenters. The highest BCUT2D eigenvalue weighted by atomic mass is 16.6. The number of methoxy groups -OCH3 is 1. The maximum Gasteiger partial charge on any atom is 0.320 e. The van der Waals surface area contributed by atoms with E-state index in [2.05, 4.69) is 0 Å². The highest BCUT2D eigenvalue weighted by Gasteiger charge is 2.59. The minimum absolute atomic E-state index is 0.0421. The van der Waals surface area contributed by atoms with E-state index in [9.17, 15) is 19.2 Å². The standard InChI is InChI=1S/C35H39N3O9/c1-24-35(34(42)43-2)20-26(18-31(39)36-12-14-37(15-13-36)33(41)29-11-7-17-46-29)32(40)38(21-27-10-6-16-45-27)30(35)19-28(47-24)23-44-22-25-8-4-3-5-9-25/h3-11,16-17,19,24,26,28H,12-15,18,20-23H2,1-2H3/t24-,26+,28-,35+/m1/s1. The average Bonchev–Trinajstić information content (AvgIpc) is 3.82. The van der Waals surface area contributed by atoms with Crippen LogP contribution in [0.25, 0.3) is 0 Å². The lowest BCUT2D eigenvalue weighted by Crippen LogP contribution is -2.60. The molecule has 3 amide bonds. The first kappa shape index (κ1) is 32.3. The SMILES string of the molecule is COC(=O)[C@]12C[C@H](CC(=O)N3CCN(C(=O)c4ccco4)CC3)C(=O)N(Cc3ccco3)C1=C[C@H](COCc1ccccc1)O[C@@H]2C. The van der Waals surface area contributed by atoms with Crippen molar-refractivity contribution in [3.05, 3.63) is 96.0 Å². The Morgan fingerprint density at radius 2 is 1.66 bits per heavy atom. The minimum Gasteiger partial charge on any atom is -0.468 e. The van der Waals surface area contributed by atoms with Crippen LogP contribution < -0.4 is 0 Å². The molecule has 0 radical (unpaired) electrons. The fraction of sp³-hybridized carbons (Fsp3) is 0.429. The van der Waals surface area contributed by atoms with Crippen molar-refractivity contribution in [2.45, 2.75) is 45.1 Å². The molecule has 2 saturated heterocycles. The normalized spacial score (nSPS) is 24.5. The lowest BCUT2D eigenvalue weighted by molar-refractivity contribution is -0.178. The Bertz CT molecular complexity index is 1580. The second-order valence-electron chi connectivity index (χ2n) is 12.1. The Hall–Kier alpha value is -4.68. The summed E-state index contributed by atoms with van der Waals surface area (Å²) in [5, 5.41) is 0. The van der Waals surface area contributed by atoms with E-state index in [1.165, 1.54) is 19.6 Å². The van der Waals surface area contributed by atoms with Gasteiger partial charge in [-0.3, -0.25) is 19.2 Å². The van der Waals surface area contributed by atoms with Gasteiger partial charge in [0.15, 0.2) is 5.76 Å². The predicted octanol–water partition coefficient (Wildman–Crippen LogP) is 3.64. The number of carbonyl (C=O) groups excluding carboxylic acids is 4. The molecule has 2 fully saturated rings. The van der Waals surface area contributed by atoms with Gasteiger partial charge in [-0.05, 0) is 49.2 Å². The predicted molar refractivity (Wildman–Crippen MR) is 166 cm³/mol. The van der Waals surface area contributed by atoms with E-state index in [1.807, 2.05) is 30.3 Å². The van der Waals surface area contributed by atoms with Gasteiger partial charge in [0, 0.05) is 44.2 Å². The van der Waals surface area contributed by atoms with Crippen molar-refractivity contribution in [3.8, 4) is 0 Å². The molecule has 5 heterocycles. The van der Waals surface area contributed by atoms with Crippen LogP contribution in [-0.2, 0) is 41.7 Å². The summed E-state index contributed by atoms with van der Waals surface area (Å²) in [5.41, 5.74) is 0.134. The van der Waals surface area contributed by atoms with Gasteiger partial charge in [0.2, 0.25) is 11.8 Å². The van der Waals surface area contributed by atoms with Gasteiger partial charge in [-0.1, -0.05) is 30.3 Å². The molecule has 12 nitrogen and oxygen atoms in total. The zero-order chi connectivity index (χ0) is 33.0. The van der Waals surface area contributed by atoms with Crippen LogP contribution in [0.3, 0.4) is 0 Å². The number of carbonyl (C=O) groups is 4. The van der Waals surface area contributed by atoms with Crippen molar-refractivity contribution >= 4 is 23.7 Å². The van der Waals surface area contributed by atoms with Crippen molar-refractivity contribution in [2.24, 2.45) is 11.3 Å². The summed E-state index contributed by atoms with van der Waals surface area (Å²) in [6, 6.07) is 16.5. The maximum absolute atomic E-state index is 14.2. The molecule has 3 aliphatic rings. The molecule has 0 bridgehead atoms. The van der Waals surface area contributed by atoms with Gasteiger partial charge in [0.05, 0.1) is 45.5 Å². The van der Waals surface area contributed by atoms with Gasteiger partial charge in [-0.25, -0.2) is 0 Å². The molecule has 1 aromatic carbocycles. The van der Waals surface area contributed by atoms with Crippen LogP contribution in [0.15, 0.2) is 87.7 Å². The summed E-state index contributed by atoms with van der Waals surface area (Å²) in [6.07, 6.45) is 3.45. The second-order valence-corrected chi connectivity index (χ2v) is 12.1. The van der Waals surface area contributed by atoms with Crippen molar-refractivity contribution in [3.63, 3.8) is 0 Å².